The van der Waals surface area contributed by atoms with Crippen molar-refractivity contribution in [2.45, 2.75) is 50.8 Å². The van der Waals surface area contributed by atoms with Gasteiger partial charge in [-0.05, 0) is 50.1 Å². The molecule has 0 saturated carbocycles. The molecule has 0 bridgehead atoms. The monoisotopic (exact) mass is 407 g/mol. The number of aromatic nitrogens is 5. The summed E-state index contributed by atoms with van der Waals surface area (Å²) in [5, 5.41) is 9.71. The van der Waals surface area contributed by atoms with Gasteiger partial charge in [0.25, 0.3) is 0 Å². The van der Waals surface area contributed by atoms with Gasteiger partial charge in [0.05, 0.1) is 5.69 Å². The van der Waals surface area contributed by atoms with E-state index in [4.69, 9.17) is 4.74 Å². The topological polar surface area (TPSA) is 57.2 Å². The molecule has 1 unspecified atom stereocenters. The van der Waals surface area contributed by atoms with Gasteiger partial charge in [-0.2, -0.15) is 0 Å². The number of nitrogens with zero attached hydrogens (tertiary/aromatic N) is 5. The molecule has 4 aromatic rings. The van der Waals surface area contributed by atoms with E-state index in [9.17, 15) is 0 Å². The van der Waals surface area contributed by atoms with Crippen molar-refractivity contribution >= 4 is 17.4 Å². The highest BCUT2D eigenvalue weighted by Crippen LogP contribution is 2.26. The molecule has 6 nitrogen and oxygen atoms in total. The molecular formula is C22H25N5OS. The molecule has 3 aromatic heterocycles. The normalized spacial score (nSPS) is 12.4. The smallest absolute Gasteiger partial charge is 0.191 e. The van der Waals surface area contributed by atoms with Gasteiger partial charge in [0.1, 0.15) is 11.4 Å². The van der Waals surface area contributed by atoms with Crippen LogP contribution in [0.2, 0.25) is 0 Å². The molecule has 150 valence electrons. The third-order valence-corrected chi connectivity index (χ3v) is 5.83. The number of rotatable bonds is 8. The number of aryl methyl sites for hydroxylation is 1. The molecule has 1 atom stereocenters. The fraction of sp³-hybridized carbons (Fsp3) is 0.318. The molecule has 0 amide bonds. The number of pyridine rings is 1. The van der Waals surface area contributed by atoms with E-state index < -0.39 is 0 Å². The van der Waals surface area contributed by atoms with E-state index in [-0.39, 0.29) is 6.10 Å². The summed E-state index contributed by atoms with van der Waals surface area (Å²) in [6.07, 6.45) is 4.91. The Bertz CT molecular complexity index is 1050. The summed E-state index contributed by atoms with van der Waals surface area (Å²) in [5.41, 5.74) is 3.28. The molecule has 0 fully saturated rings. The Labute approximate surface area is 175 Å². The molecule has 0 radical (unpaired) electrons. The van der Waals surface area contributed by atoms with Crippen molar-refractivity contribution in [3.05, 3.63) is 71.9 Å². The molecule has 0 aliphatic rings. The van der Waals surface area contributed by atoms with Gasteiger partial charge in [-0.1, -0.05) is 36.9 Å². The summed E-state index contributed by atoms with van der Waals surface area (Å²) in [7, 11) is 0. The van der Waals surface area contributed by atoms with Gasteiger partial charge >= 0.3 is 0 Å². The Hall–Kier alpha value is -2.80. The molecule has 0 aliphatic heterocycles. The summed E-state index contributed by atoms with van der Waals surface area (Å²) >= 11 is 1.65. The quantitative estimate of drug-likeness (QED) is 0.387. The van der Waals surface area contributed by atoms with E-state index in [1.165, 1.54) is 5.56 Å². The van der Waals surface area contributed by atoms with Crippen LogP contribution in [-0.4, -0.2) is 24.1 Å². The summed E-state index contributed by atoms with van der Waals surface area (Å²) in [6, 6.07) is 14.2. The zero-order chi connectivity index (χ0) is 20.2. The average Bonchev–Trinajstić information content (AvgIpc) is 3.36. The van der Waals surface area contributed by atoms with Crippen molar-refractivity contribution in [3.63, 3.8) is 0 Å². The van der Waals surface area contributed by atoms with Crippen LogP contribution < -0.4 is 4.74 Å². The van der Waals surface area contributed by atoms with Gasteiger partial charge in [0.2, 0.25) is 0 Å². The van der Waals surface area contributed by atoms with Gasteiger partial charge in [-0.3, -0.25) is 0 Å². The number of hydrogen-bond acceptors (Lipinski definition) is 5. The maximum Gasteiger partial charge on any atom is 0.191 e. The summed E-state index contributed by atoms with van der Waals surface area (Å²) in [5.74, 6) is 2.43. The van der Waals surface area contributed by atoms with Crippen LogP contribution in [0.1, 0.15) is 44.0 Å². The maximum atomic E-state index is 6.11. The zero-order valence-electron chi connectivity index (χ0n) is 16.9. The summed E-state index contributed by atoms with van der Waals surface area (Å²) in [6.45, 7) is 7.05. The molecule has 0 saturated heterocycles. The van der Waals surface area contributed by atoms with Crippen LogP contribution in [0.4, 0.5) is 0 Å². The Morgan fingerprint density at radius 2 is 1.90 bits per heavy atom. The first-order chi connectivity index (χ1) is 14.2. The lowest BCUT2D eigenvalue weighted by molar-refractivity contribution is 0.210. The molecule has 0 aliphatic carbocycles. The van der Waals surface area contributed by atoms with Crippen LogP contribution in [0.5, 0.6) is 5.75 Å². The van der Waals surface area contributed by atoms with Crippen molar-refractivity contribution in [1.29, 1.82) is 0 Å². The average molecular weight is 408 g/mol. The van der Waals surface area contributed by atoms with Gasteiger partial charge in [-0.25, -0.2) is 4.98 Å². The Balaban J connectivity index is 1.46. The van der Waals surface area contributed by atoms with E-state index in [1.54, 1.807) is 11.8 Å². The number of hydrogen-bond donors (Lipinski definition) is 0. The van der Waals surface area contributed by atoms with E-state index in [0.29, 0.717) is 0 Å². The first-order valence-electron chi connectivity index (χ1n) is 9.92. The van der Waals surface area contributed by atoms with Gasteiger partial charge < -0.3 is 13.7 Å². The van der Waals surface area contributed by atoms with Crippen molar-refractivity contribution in [3.8, 4) is 5.75 Å². The van der Waals surface area contributed by atoms with E-state index >= 15 is 0 Å². The third-order valence-electron chi connectivity index (χ3n) is 4.83. The fourth-order valence-corrected chi connectivity index (χ4v) is 4.15. The van der Waals surface area contributed by atoms with Gasteiger partial charge in [0, 0.05) is 24.7 Å². The van der Waals surface area contributed by atoms with Crippen molar-refractivity contribution in [2.24, 2.45) is 0 Å². The Morgan fingerprint density at radius 1 is 1.07 bits per heavy atom. The van der Waals surface area contributed by atoms with Crippen LogP contribution in [0, 0.1) is 0 Å². The number of benzene rings is 1. The number of ether oxygens (including phenoxy) is 1. The van der Waals surface area contributed by atoms with E-state index in [2.05, 4.69) is 51.9 Å². The number of thioether (sulfide) groups is 1. The van der Waals surface area contributed by atoms with Crippen LogP contribution in [0.15, 0.2) is 60.0 Å². The highest BCUT2D eigenvalue weighted by molar-refractivity contribution is 7.98. The van der Waals surface area contributed by atoms with Crippen molar-refractivity contribution in [1.82, 2.24) is 24.1 Å². The number of fused-ring (bicyclic) bond motifs is 1. The molecule has 1 aromatic carbocycles. The highest BCUT2D eigenvalue weighted by Gasteiger charge is 2.19. The highest BCUT2D eigenvalue weighted by atomic mass is 32.2. The largest absolute Gasteiger partial charge is 0.483 e. The van der Waals surface area contributed by atoms with Crippen LogP contribution in [-0.2, 0) is 18.7 Å². The molecule has 29 heavy (non-hydrogen) atoms. The van der Waals surface area contributed by atoms with Crippen LogP contribution in [0.25, 0.3) is 5.65 Å². The Morgan fingerprint density at radius 3 is 2.62 bits per heavy atom. The number of imidazole rings is 1. The van der Waals surface area contributed by atoms with E-state index in [1.807, 2.05) is 47.9 Å². The van der Waals surface area contributed by atoms with Crippen molar-refractivity contribution in [2.75, 3.05) is 0 Å². The molecular weight excluding hydrogens is 382 g/mol. The zero-order valence-corrected chi connectivity index (χ0v) is 17.8. The predicted octanol–water partition coefficient (Wildman–Crippen LogP) is 4.94. The second-order valence-electron chi connectivity index (χ2n) is 6.83. The predicted molar refractivity (Wildman–Crippen MR) is 115 cm³/mol. The minimum atomic E-state index is -0.181. The first-order valence-corrected chi connectivity index (χ1v) is 10.9. The lowest BCUT2D eigenvalue weighted by Crippen LogP contribution is -2.12. The lowest BCUT2D eigenvalue weighted by Gasteiger charge is -2.15. The van der Waals surface area contributed by atoms with Crippen LogP contribution in [0.3, 0.4) is 0 Å². The lowest BCUT2D eigenvalue weighted by atomic mass is 10.2. The van der Waals surface area contributed by atoms with Gasteiger partial charge in [0.15, 0.2) is 17.1 Å². The minimum absolute atomic E-state index is 0.181. The summed E-state index contributed by atoms with van der Waals surface area (Å²) < 4.78 is 10.3. The molecule has 0 N–H and O–H groups in total. The third kappa shape index (κ3) is 4.29. The molecule has 0 spiro atoms. The molecule has 7 heteroatoms. The SMILES string of the molecule is CCc1ccc(OC(C)c2nnc(SCc3cn4ccccc4n3)n2CC)cc1. The maximum absolute atomic E-state index is 6.11. The van der Waals surface area contributed by atoms with E-state index in [0.717, 1.165) is 46.8 Å². The van der Waals surface area contributed by atoms with Gasteiger partial charge in [-0.15, -0.1) is 10.2 Å². The van der Waals surface area contributed by atoms with Crippen LogP contribution >= 0.6 is 11.8 Å². The second-order valence-corrected chi connectivity index (χ2v) is 7.77. The standard InChI is InChI=1S/C22H25N5OS/c1-4-17-9-11-19(12-10-17)28-16(3)21-24-25-22(27(21)5-2)29-15-18-14-26-13-7-6-8-20(26)23-18/h6-14,16H,4-5,15H2,1-3H3. The molecule has 3 heterocycles. The fourth-order valence-electron chi connectivity index (χ4n) is 3.26. The molecule has 4 rings (SSSR count). The first kappa shape index (κ1) is 19.5. The minimum Gasteiger partial charge on any atom is -0.483 e. The second kappa shape index (κ2) is 8.69. The van der Waals surface area contributed by atoms with Crippen molar-refractivity contribution < 1.29 is 4.74 Å². The summed E-state index contributed by atoms with van der Waals surface area (Å²) in [4.78, 5) is 4.66. The Kier molecular flexibility index (Phi) is 5.85.